The largest absolute Gasteiger partial charge is 0.269 e. The third-order valence-electron chi connectivity index (χ3n) is 7.23. The van der Waals surface area contributed by atoms with Crippen molar-refractivity contribution in [1.82, 2.24) is 14.9 Å². The Hall–Kier alpha value is -2.70. The predicted molar refractivity (Wildman–Crippen MR) is 105 cm³/mol. The Morgan fingerprint density at radius 3 is 2.50 bits per heavy atom. The first kappa shape index (κ1) is 19.3. The van der Waals surface area contributed by atoms with Crippen LogP contribution in [0.15, 0.2) is 36.7 Å². The van der Waals surface area contributed by atoms with Crippen LogP contribution in [0.1, 0.15) is 76.5 Å². The molecular weight excluding hydrogens is 388 g/mol. The molecule has 2 fully saturated rings. The summed E-state index contributed by atoms with van der Waals surface area (Å²) in [6, 6.07) is 8.63. The number of carbonyl (C=O) groups excluding carboxylic acids is 2. The summed E-state index contributed by atoms with van der Waals surface area (Å²) in [6.07, 6.45) is 3.34. The van der Waals surface area contributed by atoms with E-state index in [0.29, 0.717) is 42.5 Å². The van der Waals surface area contributed by atoms with Crippen molar-refractivity contribution in [1.29, 1.82) is 0 Å². The summed E-state index contributed by atoms with van der Waals surface area (Å²) in [7, 11) is 0. The number of amides is 2. The van der Waals surface area contributed by atoms with Gasteiger partial charge in [0.05, 0.1) is 23.4 Å². The molecule has 30 heavy (non-hydrogen) atoms. The van der Waals surface area contributed by atoms with Crippen molar-refractivity contribution < 1.29 is 18.4 Å². The van der Waals surface area contributed by atoms with Crippen LogP contribution in [0.4, 0.5) is 8.78 Å². The van der Waals surface area contributed by atoms with E-state index in [9.17, 15) is 18.4 Å². The molecule has 3 aliphatic rings. The average molecular weight is 411 g/mol. The quantitative estimate of drug-likeness (QED) is 0.691. The Morgan fingerprint density at radius 1 is 1.07 bits per heavy atom. The van der Waals surface area contributed by atoms with Crippen molar-refractivity contribution in [2.24, 2.45) is 11.3 Å². The lowest BCUT2D eigenvalue weighted by Gasteiger charge is -2.48. The summed E-state index contributed by atoms with van der Waals surface area (Å²) in [5, 5.41) is 0. The molecule has 2 aliphatic carbocycles. The zero-order valence-corrected chi connectivity index (χ0v) is 16.6. The highest BCUT2D eigenvalue weighted by atomic mass is 19.3. The number of fused-ring (bicyclic) bond motifs is 3. The van der Waals surface area contributed by atoms with Crippen molar-refractivity contribution in [2.75, 3.05) is 0 Å². The molecule has 5 nitrogen and oxygen atoms in total. The lowest BCUT2D eigenvalue weighted by molar-refractivity contribution is -0.0756. The number of alkyl halides is 2. The van der Waals surface area contributed by atoms with E-state index in [1.165, 1.54) is 11.2 Å². The van der Waals surface area contributed by atoms with Crippen molar-refractivity contribution in [2.45, 2.75) is 57.4 Å². The maximum atomic E-state index is 13.7. The number of imide groups is 1. The zero-order chi connectivity index (χ0) is 20.9. The molecule has 0 radical (unpaired) electrons. The van der Waals surface area contributed by atoms with E-state index in [-0.39, 0.29) is 30.2 Å². The molecule has 2 heterocycles. The highest BCUT2D eigenvalue weighted by molar-refractivity contribution is 6.21. The molecule has 3 unspecified atom stereocenters. The van der Waals surface area contributed by atoms with Gasteiger partial charge in [0.15, 0.2) is 0 Å². The summed E-state index contributed by atoms with van der Waals surface area (Å²) in [5.41, 5.74) is 1.43. The maximum absolute atomic E-state index is 13.7. The summed E-state index contributed by atoms with van der Waals surface area (Å²) < 4.78 is 27.4. The first-order valence-corrected chi connectivity index (χ1v) is 10.5. The smallest absolute Gasteiger partial charge is 0.261 e. The summed E-state index contributed by atoms with van der Waals surface area (Å²) >= 11 is 0. The molecule has 2 saturated carbocycles. The average Bonchev–Trinajstić information content (AvgIpc) is 2.99. The fraction of sp³-hybridized carbons (Fsp3) is 0.478. The van der Waals surface area contributed by atoms with Crippen molar-refractivity contribution in [3.63, 3.8) is 0 Å². The van der Waals surface area contributed by atoms with Gasteiger partial charge in [-0.3, -0.25) is 14.5 Å². The Labute approximate surface area is 173 Å². The number of rotatable bonds is 4. The third-order valence-corrected chi connectivity index (χ3v) is 7.23. The number of nitrogens with zero attached hydrogens (tertiary/aromatic N) is 3. The second kappa shape index (κ2) is 7.22. The molecule has 1 aromatic carbocycles. The topological polar surface area (TPSA) is 63.2 Å². The number of benzene rings is 1. The van der Waals surface area contributed by atoms with Gasteiger partial charge in [-0.15, -0.1) is 0 Å². The number of aromatic nitrogens is 2. The molecule has 2 bridgehead atoms. The molecule has 0 N–H and O–H groups in total. The third kappa shape index (κ3) is 3.02. The van der Waals surface area contributed by atoms with Crippen molar-refractivity contribution in [3.8, 4) is 0 Å². The minimum absolute atomic E-state index is 0.0836. The van der Waals surface area contributed by atoms with Crippen LogP contribution in [0.5, 0.6) is 0 Å². The van der Waals surface area contributed by atoms with E-state index in [2.05, 4.69) is 9.97 Å². The van der Waals surface area contributed by atoms with Crippen LogP contribution < -0.4 is 0 Å². The van der Waals surface area contributed by atoms with E-state index in [1.54, 1.807) is 24.3 Å². The normalized spacial score (nSPS) is 28.2. The minimum atomic E-state index is -2.27. The van der Waals surface area contributed by atoms with Gasteiger partial charge in [0.2, 0.25) is 6.43 Å². The molecule has 1 aliphatic heterocycles. The first-order chi connectivity index (χ1) is 14.5. The van der Waals surface area contributed by atoms with Gasteiger partial charge in [-0.25, -0.2) is 18.7 Å². The van der Waals surface area contributed by atoms with Crippen LogP contribution >= 0.6 is 0 Å². The van der Waals surface area contributed by atoms with Crippen LogP contribution in [0.25, 0.3) is 0 Å². The van der Waals surface area contributed by atoms with Crippen LogP contribution in [-0.2, 0) is 6.54 Å². The first-order valence-electron chi connectivity index (χ1n) is 10.5. The Kier molecular flexibility index (Phi) is 4.64. The maximum Gasteiger partial charge on any atom is 0.261 e. The number of hydrogen-bond acceptors (Lipinski definition) is 4. The van der Waals surface area contributed by atoms with Crippen LogP contribution in [0.2, 0.25) is 0 Å². The Balaban J connectivity index is 1.36. The lowest BCUT2D eigenvalue weighted by Crippen LogP contribution is -2.41. The molecule has 5 rings (SSSR count). The predicted octanol–water partition coefficient (Wildman–Crippen LogP) is 4.59. The van der Waals surface area contributed by atoms with E-state index >= 15 is 0 Å². The lowest BCUT2D eigenvalue weighted by atomic mass is 9.58. The van der Waals surface area contributed by atoms with Gasteiger partial charge >= 0.3 is 0 Å². The van der Waals surface area contributed by atoms with Crippen LogP contribution in [-0.4, -0.2) is 33.1 Å². The summed E-state index contributed by atoms with van der Waals surface area (Å²) in [4.78, 5) is 35.2. The fourth-order valence-corrected chi connectivity index (χ4v) is 5.64. The van der Waals surface area contributed by atoms with E-state index in [4.69, 9.17) is 0 Å². The number of halogens is 2. The SMILES string of the molecule is O=C1c2ccccc2C(=O)N1Cc1cc(C2CCC3(C(F)F)CCCC2C3)ncn1. The highest BCUT2D eigenvalue weighted by Gasteiger charge is 2.49. The van der Waals surface area contributed by atoms with E-state index in [1.807, 2.05) is 6.07 Å². The number of hydrogen-bond donors (Lipinski definition) is 0. The Morgan fingerprint density at radius 2 is 1.80 bits per heavy atom. The van der Waals surface area contributed by atoms with E-state index < -0.39 is 11.8 Å². The monoisotopic (exact) mass is 411 g/mol. The standard InChI is InChI=1S/C23H23F2N3O2/c24-22(25)23-8-3-4-14(11-23)16(7-9-23)19-10-15(26-13-27-19)12-28-20(29)17-5-1-2-6-18(17)21(28)30/h1-2,5-6,10,13-14,16,22H,3-4,7-9,11-12H2. The molecule has 3 atom stereocenters. The van der Waals surface area contributed by atoms with Gasteiger partial charge < -0.3 is 0 Å². The highest BCUT2D eigenvalue weighted by Crippen LogP contribution is 2.56. The van der Waals surface area contributed by atoms with Gasteiger partial charge in [-0.2, -0.15) is 0 Å². The van der Waals surface area contributed by atoms with Gasteiger partial charge in [0.25, 0.3) is 11.8 Å². The van der Waals surface area contributed by atoms with Gasteiger partial charge in [-0.1, -0.05) is 18.6 Å². The molecule has 156 valence electrons. The number of carbonyl (C=O) groups is 2. The molecule has 2 aromatic rings. The van der Waals surface area contributed by atoms with Crippen LogP contribution in [0, 0.1) is 11.3 Å². The van der Waals surface area contributed by atoms with Crippen LogP contribution in [0.3, 0.4) is 0 Å². The zero-order valence-electron chi connectivity index (χ0n) is 16.6. The van der Waals surface area contributed by atoms with Crippen molar-refractivity contribution >= 4 is 11.8 Å². The van der Waals surface area contributed by atoms with Gasteiger partial charge in [-0.05, 0) is 56.2 Å². The second-order valence-electron chi connectivity index (χ2n) is 8.84. The molecular formula is C23H23F2N3O2. The van der Waals surface area contributed by atoms with Gasteiger partial charge in [0, 0.05) is 17.0 Å². The molecule has 7 heteroatoms. The Bertz CT molecular complexity index is 976. The minimum Gasteiger partial charge on any atom is -0.269 e. The fourth-order valence-electron chi connectivity index (χ4n) is 5.64. The van der Waals surface area contributed by atoms with Crippen molar-refractivity contribution in [3.05, 3.63) is 59.2 Å². The summed E-state index contributed by atoms with van der Waals surface area (Å²) in [6.45, 7) is 0.0836. The molecule has 0 saturated heterocycles. The molecule has 0 spiro atoms. The molecule has 2 amide bonds. The van der Waals surface area contributed by atoms with E-state index in [0.717, 1.165) is 18.5 Å². The summed E-state index contributed by atoms with van der Waals surface area (Å²) in [5.74, 6) is -0.311. The second-order valence-corrected chi connectivity index (χ2v) is 8.84. The van der Waals surface area contributed by atoms with Gasteiger partial charge in [0.1, 0.15) is 6.33 Å². The molecule has 1 aromatic heterocycles.